The molecule has 0 atom stereocenters. The Morgan fingerprint density at radius 1 is 1.35 bits per heavy atom. The van der Waals surface area contributed by atoms with E-state index in [9.17, 15) is 10.1 Å². The molecule has 0 bridgehead atoms. The van der Waals surface area contributed by atoms with Gasteiger partial charge in [-0.05, 0) is 13.0 Å². The summed E-state index contributed by atoms with van der Waals surface area (Å²) in [5.41, 5.74) is 0.343. The molecule has 0 unspecified atom stereocenters. The van der Waals surface area contributed by atoms with Gasteiger partial charge in [0.25, 0.3) is 11.6 Å². The van der Waals surface area contributed by atoms with Crippen molar-refractivity contribution in [1.29, 1.82) is 0 Å². The van der Waals surface area contributed by atoms with E-state index in [1.54, 1.807) is 13.0 Å². The number of hydrogen-bond donors (Lipinski definition) is 0. The van der Waals surface area contributed by atoms with E-state index in [4.69, 9.17) is 21.1 Å². The summed E-state index contributed by atoms with van der Waals surface area (Å²) in [6, 6.07) is 4.51. The predicted molar refractivity (Wildman–Crippen MR) is 71.5 cm³/mol. The fourth-order valence-electron chi connectivity index (χ4n) is 1.60. The third-order valence-corrected chi connectivity index (χ3v) is 2.86. The Hall–Kier alpha value is -2.41. The van der Waals surface area contributed by atoms with Crippen LogP contribution in [0.4, 0.5) is 5.69 Å². The lowest BCUT2D eigenvalue weighted by atomic mass is 10.2. The molecule has 104 valence electrons. The molecule has 0 fully saturated rings. The lowest BCUT2D eigenvalue weighted by molar-refractivity contribution is -0.385. The van der Waals surface area contributed by atoms with Crippen molar-refractivity contribution in [3.63, 3.8) is 0 Å². The summed E-state index contributed by atoms with van der Waals surface area (Å²) in [5.74, 6) is 0.559. The van der Waals surface area contributed by atoms with Crippen LogP contribution in [0, 0.1) is 17.0 Å². The van der Waals surface area contributed by atoms with Gasteiger partial charge in [-0.2, -0.15) is 4.98 Å². The Kier molecular flexibility index (Phi) is 3.99. The number of benzene rings is 1. The van der Waals surface area contributed by atoms with Crippen LogP contribution in [-0.4, -0.2) is 22.0 Å². The van der Waals surface area contributed by atoms with Crippen molar-refractivity contribution in [1.82, 2.24) is 9.97 Å². The Balaban J connectivity index is 2.43. The van der Waals surface area contributed by atoms with E-state index in [0.717, 1.165) is 0 Å². The van der Waals surface area contributed by atoms with E-state index in [1.165, 1.54) is 25.6 Å². The Labute approximate surface area is 119 Å². The summed E-state index contributed by atoms with van der Waals surface area (Å²) < 4.78 is 10.6. The Bertz CT molecular complexity index is 663. The molecule has 0 aliphatic heterocycles. The summed E-state index contributed by atoms with van der Waals surface area (Å²) in [5, 5.41) is 11.0. The highest BCUT2D eigenvalue weighted by atomic mass is 35.5. The van der Waals surface area contributed by atoms with Crippen molar-refractivity contribution in [2.45, 2.75) is 6.92 Å². The van der Waals surface area contributed by atoms with Gasteiger partial charge in [-0.3, -0.25) is 10.1 Å². The molecule has 8 heteroatoms. The fraction of sp³-hybridized carbons (Fsp3) is 0.167. The molecule has 1 aromatic heterocycles. The number of nitrogens with zero attached hydrogens (tertiary/aromatic N) is 3. The minimum Gasteiger partial charge on any atom is -0.489 e. The second kappa shape index (κ2) is 5.70. The van der Waals surface area contributed by atoms with Gasteiger partial charge in [0.1, 0.15) is 12.1 Å². The Morgan fingerprint density at radius 3 is 2.75 bits per heavy atom. The minimum atomic E-state index is -0.480. The lowest BCUT2D eigenvalue weighted by Gasteiger charge is -2.11. The SMILES string of the molecule is COc1c(Cl)ncnc1Oc1cccc([N+](=O)[O-])c1C. The number of halogens is 1. The van der Waals surface area contributed by atoms with Crippen LogP contribution in [-0.2, 0) is 0 Å². The monoisotopic (exact) mass is 295 g/mol. The summed E-state index contributed by atoms with van der Waals surface area (Å²) >= 11 is 5.85. The van der Waals surface area contributed by atoms with Crippen molar-refractivity contribution < 1.29 is 14.4 Å². The van der Waals surface area contributed by atoms with Crippen LogP contribution in [0.3, 0.4) is 0 Å². The van der Waals surface area contributed by atoms with Gasteiger partial charge in [0.2, 0.25) is 5.75 Å². The van der Waals surface area contributed by atoms with Crippen LogP contribution in [0.15, 0.2) is 24.5 Å². The molecule has 0 aliphatic rings. The first kappa shape index (κ1) is 14.0. The summed E-state index contributed by atoms with van der Waals surface area (Å²) in [4.78, 5) is 18.1. The molecule has 0 spiro atoms. The molecule has 1 heterocycles. The van der Waals surface area contributed by atoms with E-state index in [0.29, 0.717) is 11.3 Å². The predicted octanol–water partition coefficient (Wildman–Crippen LogP) is 3.15. The molecule has 0 amide bonds. The van der Waals surface area contributed by atoms with E-state index in [2.05, 4.69) is 9.97 Å². The molecular weight excluding hydrogens is 286 g/mol. The van der Waals surface area contributed by atoms with Crippen LogP contribution in [0.1, 0.15) is 5.56 Å². The van der Waals surface area contributed by atoms with Crippen LogP contribution < -0.4 is 9.47 Å². The molecular formula is C12H10ClN3O4. The van der Waals surface area contributed by atoms with Gasteiger partial charge in [-0.15, -0.1) is 0 Å². The van der Waals surface area contributed by atoms with Crippen molar-refractivity contribution >= 4 is 17.3 Å². The smallest absolute Gasteiger partial charge is 0.276 e. The van der Waals surface area contributed by atoms with Crippen LogP contribution in [0.5, 0.6) is 17.4 Å². The molecule has 2 aromatic rings. The number of nitro groups is 1. The average molecular weight is 296 g/mol. The van der Waals surface area contributed by atoms with Gasteiger partial charge in [0, 0.05) is 6.07 Å². The summed E-state index contributed by atoms with van der Waals surface area (Å²) in [6.07, 6.45) is 1.22. The lowest BCUT2D eigenvalue weighted by Crippen LogP contribution is -1.98. The molecule has 20 heavy (non-hydrogen) atoms. The van der Waals surface area contributed by atoms with Crippen molar-refractivity contribution in [2.24, 2.45) is 0 Å². The van der Waals surface area contributed by atoms with Gasteiger partial charge >= 0.3 is 0 Å². The molecule has 0 aliphatic carbocycles. The molecule has 0 N–H and O–H groups in total. The van der Waals surface area contributed by atoms with Crippen molar-refractivity contribution in [3.8, 4) is 17.4 Å². The molecule has 2 rings (SSSR count). The Morgan fingerprint density at radius 2 is 2.10 bits per heavy atom. The quantitative estimate of drug-likeness (QED) is 0.489. The number of ether oxygens (including phenoxy) is 2. The topological polar surface area (TPSA) is 87.4 Å². The standard InChI is InChI=1S/C12H10ClN3O4/c1-7-8(16(17)18)4-3-5-9(7)20-12-10(19-2)11(13)14-6-15-12/h3-6H,1-2H3. The van der Waals surface area contributed by atoms with E-state index < -0.39 is 4.92 Å². The van der Waals surface area contributed by atoms with Gasteiger partial charge < -0.3 is 9.47 Å². The fourth-order valence-corrected chi connectivity index (χ4v) is 1.80. The first-order valence-electron chi connectivity index (χ1n) is 5.51. The van der Waals surface area contributed by atoms with E-state index in [1.807, 2.05) is 0 Å². The summed E-state index contributed by atoms with van der Waals surface area (Å²) in [6.45, 7) is 1.59. The van der Waals surface area contributed by atoms with Gasteiger partial charge in [-0.1, -0.05) is 17.7 Å². The second-order valence-corrected chi connectivity index (χ2v) is 4.12. The average Bonchev–Trinajstić information content (AvgIpc) is 2.41. The first-order valence-corrected chi connectivity index (χ1v) is 5.88. The maximum atomic E-state index is 10.9. The zero-order valence-electron chi connectivity index (χ0n) is 10.7. The molecule has 1 aromatic carbocycles. The summed E-state index contributed by atoms with van der Waals surface area (Å²) in [7, 11) is 1.40. The highest BCUT2D eigenvalue weighted by Crippen LogP contribution is 2.36. The maximum absolute atomic E-state index is 10.9. The third kappa shape index (κ3) is 2.62. The number of methoxy groups -OCH3 is 1. The zero-order chi connectivity index (χ0) is 14.7. The van der Waals surface area contributed by atoms with Gasteiger partial charge in [-0.25, -0.2) is 4.98 Å². The number of nitro benzene ring substituents is 1. The van der Waals surface area contributed by atoms with Crippen LogP contribution >= 0.6 is 11.6 Å². The van der Waals surface area contributed by atoms with Crippen LogP contribution in [0.2, 0.25) is 5.15 Å². The maximum Gasteiger partial charge on any atom is 0.276 e. The number of rotatable bonds is 4. The third-order valence-electron chi connectivity index (χ3n) is 2.59. The largest absolute Gasteiger partial charge is 0.489 e. The molecule has 7 nitrogen and oxygen atoms in total. The second-order valence-electron chi connectivity index (χ2n) is 3.76. The van der Waals surface area contributed by atoms with Crippen molar-refractivity contribution in [2.75, 3.05) is 7.11 Å². The van der Waals surface area contributed by atoms with Crippen molar-refractivity contribution in [3.05, 3.63) is 45.4 Å². The van der Waals surface area contributed by atoms with E-state index >= 15 is 0 Å². The highest BCUT2D eigenvalue weighted by Gasteiger charge is 2.18. The molecule has 0 saturated heterocycles. The highest BCUT2D eigenvalue weighted by molar-refractivity contribution is 6.31. The van der Waals surface area contributed by atoms with E-state index in [-0.39, 0.29) is 22.5 Å². The minimum absolute atomic E-state index is 0.0402. The number of aromatic nitrogens is 2. The van der Waals surface area contributed by atoms with Crippen LogP contribution in [0.25, 0.3) is 0 Å². The normalized spacial score (nSPS) is 10.2. The van der Waals surface area contributed by atoms with Gasteiger partial charge in [0.05, 0.1) is 17.6 Å². The molecule has 0 radical (unpaired) electrons. The number of hydrogen-bond acceptors (Lipinski definition) is 6. The molecule has 0 saturated carbocycles. The zero-order valence-corrected chi connectivity index (χ0v) is 11.4. The first-order chi connectivity index (χ1) is 9.54. The van der Waals surface area contributed by atoms with Gasteiger partial charge in [0.15, 0.2) is 5.15 Å².